The molecule has 0 radical (unpaired) electrons. The molecule has 0 spiro atoms. The lowest BCUT2D eigenvalue weighted by molar-refractivity contribution is -0.146. The van der Waals surface area contributed by atoms with E-state index < -0.39 is 17.8 Å². The molecule has 1 aliphatic rings. The van der Waals surface area contributed by atoms with E-state index in [2.05, 4.69) is 0 Å². The van der Waals surface area contributed by atoms with Crippen LogP contribution in [0.5, 0.6) is 0 Å². The number of rotatable bonds is 4. The van der Waals surface area contributed by atoms with Crippen molar-refractivity contribution in [2.75, 3.05) is 11.4 Å². The lowest BCUT2D eigenvalue weighted by atomic mass is 9.82. The summed E-state index contributed by atoms with van der Waals surface area (Å²) in [5.41, 5.74) is 1.88. The summed E-state index contributed by atoms with van der Waals surface area (Å²) in [5, 5.41) is 9.33. The number of aryl methyl sites for hydroxylation is 1. The van der Waals surface area contributed by atoms with E-state index in [1.165, 1.54) is 0 Å². The van der Waals surface area contributed by atoms with Gasteiger partial charge >= 0.3 is 5.97 Å². The first-order valence-electron chi connectivity index (χ1n) is 7.31. The number of para-hydroxylation sites is 1. The van der Waals surface area contributed by atoms with Gasteiger partial charge in [0.05, 0.1) is 11.8 Å². The molecule has 2 atom stereocenters. The van der Waals surface area contributed by atoms with Crippen molar-refractivity contribution in [1.82, 2.24) is 0 Å². The Morgan fingerprint density at radius 2 is 1.81 bits per heavy atom. The molecule has 0 fully saturated rings. The molecular weight excluding hydrogens is 266 g/mol. The fourth-order valence-electron chi connectivity index (χ4n) is 2.87. The van der Waals surface area contributed by atoms with E-state index in [9.17, 15) is 14.7 Å². The number of anilines is 1. The number of amides is 1. The fraction of sp³-hybridized carbons (Fsp3) is 0.412. The first kappa shape index (κ1) is 15.3. The maximum Gasteiger partial charge on any atom is 0.307 e. The minimum atomic E-state index is -0.890. The van der Waals surface area contributed by atoms with Gasteiger partial charge in [-0.3, -0.25) is 9.59 Å². The molecule has 1 amide bonds. The van der Waals surface area contributed by atoms with Gasteiger partial charge in [-0.25, -0.2) is 0 Å². The number of carboxylic acid groups (broad SMARTS) is 1. The Hall–Kier alpha value is -2.10. The van der Waals surface area contributed by atoms with E-state index in [0.29, 0.717) is 19.4 Å². The normalized spacial score (nSPS) is 21.0. The van der Waals surface area contributed by atoms with Gasteiger partial charge < -0.3 is 10.0 Å². The highest BCUT2D eigenvalue weighted by molar-refractivity contribution is 5.98. The third-order valence-electron chi connectivity index (χ3n) is 4.06. The molecule has 0 aliphatic heterocycles. The molecule has 1 aliphatic carbocycles. The highest BCUT2D eigenvalue weighted by Gasteiger charge is 2.36. The summed E-state index contributed by atoms with van der Waals surface area (Å²) < 4.78 is 0. The van der Waals surface area contributed by atoms with Crippen molar-refractivity contribution in [2.45, 2.75) is 26.7 Å². The third kappa shape index (κ3) is 3.15. The van der Waals surface area contributed by atoms with Gasteiger partial charge in [0.25, 0.3) is 0 Å². The Bertz CT molecular complexity index is 565. The molecule has 0 aromatic heterocycles. The number of carbonyl (C=O) groups is 2. The Morgan fingerprint density at radius 1 is 1.19 bits per heavy atom. The number of nitrogens with zero attached hydrogens (tertiary/aromatic N) is 1. The van der Waals surface area contributed by atoms with Crippen molar-refractivity contribution in [2.24, 2.45) is 11.8 Å². The molecule has 0 heterocycles. The molecule has 112 valence electrons. The van der Waals surface area contributed by atoms with Crippen molar-refractivity contribution in [1.29, 1.82) is 0 Å². The first-order valence-corrected chi connectivity index (χ1v) is 7.31. The highest BCUT2D eigenvalue weighted by atomic mass is 16.4. The SMILES string of the molecule is CCN(C(=O)C1CC=CCC1C(=O)O)c1ccccc1C. The predicted octanol–water partition coefficient (Wildman–Crippen LogP) is 3.01. The van der Waals surface area contributed by atoms with E-state index in [0.717, 1.165) is 11.3 Å². The number of hydrogen-bond acceptors (Lipinski definition) is 2. The predicted molar refractivity (Wildman–Crippen MR) is 82.2 cm³/mol. The van der Waals surface area contributed by atoms with Crippen molar-refractivity contribution >= 4 is 17.6 Å². The molecule has 1 aromatic carbocycles. The molecule has 4 nitrogen and oxygen atoms in total. The van der Waals surface area contributed by atoms with Crippen LogP contribution in [-0.4, -0.2) is 23.5 Å². The van der Waals surface area contributed by atoms with E-state index >= 15 is 0 Å². The maximum atomic E-state index is 12.8. The van der Waals surface area contributed by atoms with Gasteiger partial charge in [0, 0.05) is 12.2 Å². The Labute approximate surface area is 125 Å². The van der Waals surface area contributed by atoms with Gasteiger partial charge in [-0.05, 0) is 38.3 Å². The van der Waals surface area contributed by atoms with Crippen LogP contribution in [0.2, 0.25) is 0 Å². The Kier molecular flexibility index (Phi) is 4.78. The zero-order valence-corrected chi connectivity index (χ0v) is 12.5. The summed E-state index contributed by atoms with van der Waals surface area (Å²) in [7, 11) is 0. The lowest BCUT2D eigenvalue weighted by Gasteiger charge is -2.31. The molecule has 2 unspecified atom stereocenters. The molecule has 0 saturated heterocycles. The van der Waals surface area contributed by atoms with Crippen molar-refractivity contribution in [3.63, 3.8) is 0 Å². The topological polar surface area (TPSA) is 57.6 Å². The second-order valence-corrected chi connectivity index (χ2v) is 5.36. The van der Waals surface area contributed by atoms with Gasteiger partial charge in [-0.15, -0.1) is 0 Å². The second-order valence-electron chi connectivity index (χ2n) is 5.36. The average molecular weight is 287 g/mol. The fourth-order valence-corrected chi connectivity index (χ4v) is 2.87. The van der Waals surface area contributed by atoms with E-state index in [4.69, 9.17) is 0 Å². The van der Waals surface area contributed by atoms with E-state index in [1.807, 2.05) is 50.3 Å². The second kappa shape index (κ2) is 6.57. The van der Waals surface area contributed by atoms with Gasteiger partial charge in [0.1, 0.15) is 0 Å². The van der Waals surface area contributed by atoms with Gasteiger partial charge in [-0.2, -0.15) is 0 Å². The van der Waals surface area contributed by atoms with Gasteiger partial charge in [0.15, 0.2) is 0 Å². The summed E-state index contributed by atoms with van der Waals surface area (Å²) in [5.74, 6) is -2.09. The van der Waals surface area contributed by atoms with Crippen LogP contribution in [0.3, 0.4) is 0 Å². The Morgan fingerprint density at radius 3 is 2.38 bits per heavy atom. The highest BCUT2D eigenvalue weighted by Crippen LogP contribution is 2.30. The summed E-state index contributed by atoms with van der Waals surface area (Å²) in [6, 6.07) is 7.69. The summed E-state index contributed by atoms with van der Waals surface area (Å²) >= 11 is 0. The first-order chi connectivity index (χ1) is 10.1. The number of aliphatic carboxylic acids is 1. The molecule has 0 bridgehead atoms. The van der Waals surface area contributed by atoms with Crippen LogP contribution in [0.4, 0.5) is 5.69 Å². The number of hydrogen-bond donors (Lipinski definition) is 1. The summed E-state index contributed by atoms with van der Waals surface area (Å²) in [4.78, 5) is 25.9. The molecule has 21 heavy (non-hydrogen) atoms. The molecule has 1 N–H and O–H groups in total. The number of carboxylic acids is 1. The van der Waals surface area contributed by atoms with Gasteiger partial charge in [0.2, 0.25) is 5.91 Å². The standard InChI is InChI=1S/C17H21NO3/c1-3-18(15-11-7-4-8-12(15)2)16(19)13-9-5-6-10-14(13)17(20)21/h4-8,11,13-14H,3,9-10H2,1-2H3,(H,20,21). The van der Waals surface area contributed by atoms with Crippen LogP contribution >= 0.6 is 0 Å². The number of benzene rings is 1. The largest absolute Gasteiger partial charge is 0.481 e. The number of carbonyl (C=O) groups excluding carboxylic acids is 1. The van der Waals surface area contributed by atoms with Crippen molar-refractivity contribution in [3.05, 3.63) is 42.0 Å². The molecule has 4 heteroatoms. The van der Waals surface area contributed by atoms with Crippen molar-refractivity contribution in [3.8, 4) is 0 Å². The smallest absolute Gasteiger partial charge is 0.307 e. The van der Waals surface area contributed by atoms with Crippen molar-refractivity contribution < 1.29 is 14.7 Å². The van der Waals surface area contributed by atoms with E-state index in [-0.39, 0.29) is 5.91 Å². The van der Waals surface area contributed by atoms with Crippen LogP contribution in [0.1, 0.15) is 25.3 Å². The van der Waals surface area contributed by atoms with Crippen LogP contribution in [0.25, 0.3) is 0 Å². The molecule has 0 saturated carbocycles. The number of allylic oxidation sites excluding steroid dienone is 2. The quantitative estimate of drug-likeness (QED) is 0.866. The van der Waals surface area contributed by atoms with E-state index in [1.54, 1.807) is 4.90 Å². The molecular formula is C17H21NO3. The maximum absolute atomic E-state index is 12.8. The van der Waals surface area contributed by atoms with Crippen LogP contribution in [0, 0.1) is 18.8 Å². The Balaban J connectivity index is 2.30. The van der Waals surface area contributed by atoms with Crippen LogP contribution in [0.15, 0.2) is 36.4 Å². The average Bonchev–Trinajstić information content (AvgIpc) is 2.49. The zero-order valence-electron chi connectivity index (χ0n) is 12.5. The minimum absolute atomic E-state index is 0.0939. The monoisotopic (exact) mass is 287 g/mol. The van der Waals surface area contributed by atoms with Gasteiger partial charge in [-0.1, -0.05) is 30.4 Å². The van der Waals surface area contributed by atoms with Crippen LogP contribution < -0.4 is 4.90 Å². The third-order valence-corrected chi connectivity index (χ3v) is 4.06. The van der Waals surface area contributed by atoms with Crippen LogP contribution in [-0.2, 0) is 9.59 Å². The lowest BCUT2D eigenvalue weighted by Crippen LogP contribution is -2.42. The molecule has 2 rings (SSSR count). The molecule has 1 aromatic rings. The zero-order chi connectivity index (χ0) is 15.4. The summed E-state index contributed by atoms with van der Waals surface area (Å²) in [6.07, 6.45) is 4.69. The summed E-state index contributed by atoms with van der Waals surface area (Å²) in [6.45, 7) is 4.41. The minimum Gasteiger partial charge on any atom is -0.481 e.